The zero-order chi connectivity index (χ0) is 10.8. The molecule has 15 heavy (non-hydrogen) atoms. The predicted octanol–water partition coefficient (Wildman–Crippen LogP) is 3.96. The quantitative estimate of drug-likeness (QED) is 0.829. The topological polar surface area (TPSA) is 20.2 Å². The molecular formula is C12H8BrFO. The molecule has 0 bridgehead atoms. The smallest absolute Gasteiger partial charge is 0.126 e. The summed E-state index contributed by atoms with van der Waals surface area (Å²) in [6, 6.07) is 11.5. The zero-order valence-corrected chi connectivity index (χ0v) is 9.33. The second-order valence-electron chi connectivity index (χ2n) is 3.14. The largest absolute Gasteiger partial charge is 0.507 e. The number of phenols is 1. The van der Waals surface area contributed by atoms with Gasteiger partial charge in [-0.2, -0.15) is 0 Å². The lowest BCUT2D eigenvalue weighted by molar-refractivity contribution is 0.471. The normalized spacial score (nSPS) is 10.3. The van der Waals surface area contributed by atoms with Crippen LogP contribution in [0, 0.1) is 5.82 Å². The Labute approximate surface area is 95.3 Å². The van der Waals surface area contributed by atoms with Gasteiger partial charge in [0.25, 0.3) is 0 Å². The number of halogens is 2. The van der Waals surface area contributed by atoms with Crippen LogP contribution in [-0.4, -0.2) is 5.11 Å². The van der Waals surface area contributed by atoms with Gasteiger partial charge >= 0.3 is 0 Å². The Balaban J connectivity index is 2.60. The first-order valence-electron chi connectivity index (χ1n) is 4.42. The Bertz CT molecular complexity index is 497. The van der Waals surface area contributed by atoms with Crippen molar-refractivity contribution in [1.29, 1.82) is 0 Å². The molecule has 1 N–H and O–H groups in total. The number of phenolic OH excluding ortho intramolecular Hbond substituents is 1. The SMILES string of the molecule is Oc1cc(F)ccc1-c1ccccc1Br. The van der Waals surface area contributed by atoms with Gasteiger partial charge in [-0.15, -0.1) is 0 Å². The van der Waals surface area contributed by atoms with E-state index in [1.54, 1.807) is 6.07 Å². The van der Waals surface area contributed by atoms with Crippen molar-refractivity contribution >= 4 is 15.9 Å². The van der Waals surface area contributed by atoms with E-state index < -0.39 is 5.82 Å². The van der Waals surface area contributed by atoms with Crippen LogP contribution in [0.4, 0.5) is 4.39 Å². The minimum atomic E-state index is -0.441. The van der Waals surface area contributed by atoms with Gasteiger partial charge in [-0.25, -0.2) is 4.39 Å². The molecule has 0 amide bonds. The molecule has 0 spiro atoms. The molecule has 76 valence electrons. The maximum Gasteiger partial charge on any atom is 0.126 e. The van der Waals surface area contributed by atoms with Gasteiger partial charge in [0.05, 0.1) is 0 Å². The molecule has 2 aromatic rings. The zero-order valence-electron chi connectivity index (χ0n) is 7.74. The van der Waals surface area contributed by atoms with Crippen LogP contribution < -0.4 is 0 Å². The minimum absolute atomic E-state index is 0.0538. The summed E-state index contributed by atoms with van der Waals surface area (Å²) in [5, 5.41) is 9.61. The molecule has 0 atom stereocenters. The summed E-state index contributed by atoms with van der Waals surface area (Å²) in [6.07, 6.45) is 0. The Morgan fingerprint density at radius 2 is 1.73 bits per heavy atom. The van der Waals surface area contributed by atoms with Crippen LogP contribution in [0.5, 0.6) is 5.75 Å². The number of rotatable bonds is 1. The number of hydrogen-bond acceptors (Lipinski definition) is 1. The highest BCUT2D eigenvalue weighted by molar-refractivity contribution is 9.10. The summed E-state index contributed by atoms with van der Waals surface area (Å²) in [4.78, 5) is 0. The maximum absolute atomic E-state index is 12.8. The van der Waals surface area contributed by atoms with Crippen molar-refractivity contribution in [2.24, 2.45) is 0 Å². The molecule has 2 aromatic carbocycles. The van der Waals surface area contributed by atoms with Crippen molar-refractivity contribution in [2.45, 2.75) is 0 Å². The highest BCUT2D eigenvalue weighted by Crippen LogP contribution is 2.34. The lowest BCUT2D eigenvalue weighted by Gasteiger charge is -2.06. The number of hydrogen-bond donors (Lipinski definition) is 1. The van der Waals surface area contributed by atoms with E-state index >= 15 is 0 Å². The summed E-state index contributed by atoms with van der Waals surface area (Å²) < 4.78 is 13.7. The van der Waals surface area contributed by atoms with E-state index in [4.69, 9.17) is 0 Å². The van der Waals surface area contributed by atoms with Crippen molar-refractivity contribution in [3.63, 3.8) is 0 Å². The highest BCUT2D eigenvalue weighted by Gasteiger charge is 2.07. The molecular weight excluding hydrogens is 259 g/mol. The fourth-order valence-corrected chi connectivity index (χ4v) is 1.91. The van der Waals surface area contributed by atoms with E-state index in [1.165, 1.54) is 6.07 Å². The van der Waals surface area contributed by atoms with Crippen LogP contribution in [0.3, 0.4) is 0 Å². The Hall–Kier alpha value is -1.35. The third-order valence-corrected chi connectivity index (χ3v) is 2.82. The fraction of sp³-hybridized carbons (Fsp3) is 0. The molecule has 0 saturated carbocycles. The molecule has 0 saturated heterocycles. The summed E-state index contributed by atoms with van der Waals surface area (Å²) >= 11 is 3.38. The maximum atomic E-state index is 12.8. The van der Waals surface area contributed by atoms with Crippen LogP contribution >= 0.6 is 15.9 Å². The molecule has 0 heterocycles. The Morgan fingerprint density at radius 3 is 2.40 bits per heavy atom. The van der Waals surface area contributed by atoms with Crippen molar-refractivity contribution in [3.8, 4) is 16.9 Å². The van der Waals surface area contributed by atoms with Gasteiger partial charge in [-0.05, 0) is 23.8 Å². The number of benzene rings is 2. The number of aromatic hydroxyl groups is 1. The molecule has 0 fully saturated rings. The monoisotopic (exact) mass is 266 g/mol. The van der Waals surface area contributed by atoms with Gasteiger partial charge in [-0.1, -0.05) is 34.1 Å². The average molecular weight is 267 g/mol. The van der Waals surface area contributed by atoms with Crippen LogP contribution in [0.15, 0.2) is 46.9 Å². The first kappa shape index (κ1) is 10.2. The fourth-order valence-electron chi connectivity index (χ4n) is 1.41. The van der Waals surface area contributed by atoms with Gasteiger partial charge in [0, 0.05) is 16.1 Å². The molecule has 0 unspecified atom stereocenters. The van der Waals surface area contributed by atoms with E-state index in [2.05, 4.69) is 15.9 Å². The molecule has 0 aliphatic carbocycles. The van der Waals surface area contributed by atoms with Crippen LogP contribution in [-0.2, 0) is 0 Å². The molecule has 3 heteroatoms. The minimum Gasteiger partial charge on any atom is -0.507 e. The molecule has 0 aliphatic heterocycles. The summed E-state index contributed by atoms with van der Waals surface area (Å²) in [5.74, 6) is -0.495. The summed E-state index contributed by atoms with van der Waals surface area (Å²) in [6.45, 7) is 0. The Kier molecular flexibility index (Phi) is 2.73. The van der Waals surface area contributed by atoms with Crippen LogP contribution in [0.25, 0.3) is 11.1 Å². The molecule has 0 aromatic heterocycles. The Morgan fingerprint density at radius 1 is 1.00 bits per heavy atom. The van der Waals surface area contributed by atoms with Crippen LogP contribution in [0.2, 0.25) is 0 Å². The molecule has 1 nitrogen and oxygen atoms in total. The van der Waals surface area contributed by atoms with E-state index in [9.17, 15) is 9.50 Å². The van der Waals surface area contributed by atoms with Crippen molar-refractivity contribution in [1.82, 2.24) is 0 Å². The second kappa shape index (κ2) is 4.03. The van der Waals surface area contributed by atoms with Gasteiger partial charge in [-0.3, -0.25) is 0 Å². The van der Waals surface area contributed by atoms with Crippen molar-refractivity contribution < 1.29 is 9.50 Å². The van der Waals surface area contributed by atoms with Crippen molar-refractivity contribution in [2.75, 3.05) is 0 Å². The summed E-state index contributed by atoms with van der Waals surface area (Å²) in [5.41, 5.74) is 1.46. The van der Waals surface area contributed by atoms with E-state index in [1.807, 2.05) is 24.3 Å². The van der Waals surface area contributed by atoms with E-state index in [0.717, 1.165) is 16.1 Å². The first-order valence-corrected chi connectivity index (χ1v) is 5.21. The van der Waals surface area contributed by atoms with Gasteiger partial charge in [0.15, 0.2) is 0 Å². The molecule has 0 radical (unpaired) electrons. The molecule has 0 aliphatic rings. The van der Waals surface area contributed by atoms with Gasteiger partial charge in [0.1, 0.15) is 11.6 Å². The van der Waals surface area contributed by atoms with E-state index in [0.29, 0.717) is 5.56 Å². The van der Waals surface area contributed by atoms with Crippen LogP contribution in [0.1, 0.15) is 0 Å². The molecule has 2 rings (SSSR count). The van der Waals surface area contributed by atoms with Gasteiger partial charge in [0.2, 0.25) is 0 Å². The standard InChI is InChI=1S/C12H8BrFO/c13-11-4-2-1-3-9(11)10-6-5-8(14)7-12(10)15/h1-7,15H. The lowest BCUT2D eigenvalue weighted by Crippen LogP contribution is -1.82. The van der Waals surface area contributed by atoms with E-state index in [-0.39, 0.29) is 5.75 Å². The second-order valence-corrected chi connectivity index (χ2v) is 4.00. The highest BCUT2D eigenvalue weighted by atomic mass is 79.9. The predicted molar refractivity (Wildman–Crippen MR) is 61.2 cm³/mol. The first-order chi connectivity index (χ1) is 7.18. The van der Waals surface area contributed by atoms with Gasteiger partial charge < -0.3 is 5.11 Å². The van der Waals surface area contributed by atoms with Crippen molar-refractivity contribution in [3.05, 3.63) is 52.8 Å². The lowest BCUT2D eigenvalue weighted by atomic mass is 10.0. The summed E-state index contributed by atoms with van der Waals surface area (Å²) in [7, 11) is 0. The average Bonchev–Trinajstić information content (AvgIpc) is 2.20. The third kappa shape index (κ3) is 2.02. The third-order valence-electron chi connectivity index (χ3n) is 2.12.